The van der Waals surface area contributed by atoms with Crippen LogP contribution in [0.15, 0.2) is 0 Å². The lowest BCUT2D eigenvalue weighted by Crippen LogP contribution is -2.48. The molecular formula is C10H22N2O2. The third kappa shape index (κ3) is 5.19. The number of rotatable bonds is 5. The number of hydrogen-bond donors (Lipinski definition) is 3. The average Bonchev–Trinajstić information content (AvgIpc) is 2.10. The average molecular weight is 202 g/mol. The third-order valence-corrected chi connectivity index (χ3v) is 2.25. The van der Waals surface area contributed by atoms with E-state index in [-0.39, 0.29) is 18.4 Å². The molecule has 0 aliphatic carbocycles. The van der Waals surface area contributed by atoms with Gasteiger partial charge < -0.3 is 16.2 Å². The molecule has 0 aliphatic rings. The van der Waals surface area contributed by atoms with Crippen molar-refractivity contribution in [3.05, 3.63) is 0 Å². The van der Waals surface area contributed by atoms with Gasteiger partial charge in [-0.05, 0) is 19.8 Å². The van der Waals surface area contributed by atoms with Gasteiger partial charge >= 0.3 is 0 Å². The van der Waals surface area contributed by atoms with Gasteiger partial charge in [0.15, 0.2) is 0 Å². The van der Waals surface area contributed by atoms with Gasteiger partial charge in [0.25, 0.3) is 0 Å². The van der Waals surface area contributed by atoms with Crippen LogP contribution in [-0.4, -0.2) is 29.2 Å². The first-order valence-corrected chi connectivity index (χ1v) is 5.03. The highest BCUT2D eigenvalue weighted by atomic mass is 16.3. The van der Waals surface area contributed by atoms with Crippen molar-refractivity contribution in [1.82, 2.24) is 5.32 Å². The maximum atomic E-state index is 11.4. The van der Waals surface area contributed by atoms with E-state index < -0.39 is 11.6 Å². The minimum atomic E-state index is -0.884. The van der Waals surface area contributed by atoms with E-state index in [1.165, 1.54) is 0 Å². The predicted octanol–water partition coefficient (Wildman–Crippen LogP) is 0.247. The van der Waals surface area contributed by atoms with Crippen LogP contribution >= 0.6 is 0 Å². The minimum absolute atomic E-state index is 0.164. The van der Waals surface area contributed by atoms with Gasteiger partial charge in [0.2, 0.25) is 5.91 Å². The van der Waals surface area contributed by atoms with E-state index in [1.54, 1.807) is 13.8 Å². The van der Waals surface area contributed by atoms with Crippen LogP contribution in [0, 0.1) is 5.92 Å². The maximum absolute atomic E-state index is 11.4. The number of amides is 1. The minimum Gasteiger partial charge on any atom is -0.389 e. The highest BCUT2D eigenvalue weighted by molar-refractivity contribution is 5.81. The number of carbonyl (C=O) groups is 1. The predicted molar refractivity (Wildman–Crippen MR) is 56.7 cm³/mol. The normalized spacial score (nSPS) is 16.1. The number of carbonyl (C=O) groups excluding carboxylic acids is 1. The summed E-state index contributed by atoms with van der Waals surface area (Å²) in [6, 6.07) is -0.484. The lowest BCUT2D eigenvalue weighted by atomic mass is 9.99. The SMILES string of the molecule is CC[C@H](C)[C@H](N)C(=O)NCC(C)(C)O. The molecule has 0 aliphatic heterocycles. The van der Waals surface area contributed by atoms with Crippen molar-refractivity contribution >= 4 is 5.91 Å². The van der Waals surface area contributed by atoms with Gasteiger partial charge in [-0.1, -0.05) is 20.3 Å². The van der Waals surface area contributed by atoms with Crippen molar-refractivity contribution in [2.45, 2.75) is 45.8 Å². The third-order valence-electron chi connectivity index (χ3n) is 2.25. The number of nitrogens with one attached hydrogen (secondary N) is 1. The molecule has 0 aromatic carbocycles. The van der Waals surface area contributed by atoms with Crippen LogP contribution < -0.4 is 11.1 Å². The lowest BCUT2D eigenvalue weighted by molar-refractivity contribution is -0.124. The van der Waals surface area contributed by atoms with Crippen LogP contribution in [0.3, 0.4) is 0 Å². The van der Waals surface area contributed by atoms with E-state index in [0.29, 0.717) is 0 Å². The van der Waals surface area contributed by atoms with E-state index in [2.05, 4.69) is 5.32 Å². The van der Waals surface area contributed by atoms with E-state index in [0.717, 1.165) is 6.42 Å². The highest BCUT2D eigenvalue weighted by Crippen LogP contribution is 2.05. The van der Waals surface area contributed by atoms with Crippen molar-refractivity contribution in [3.8, 4) is 0 Å². The quantitative estimate of drug-likeness (QED) is 0.598. The summed E-state index contributed by atoms with van der Waals surface area (Å²) in [5, 5.41) is 12.0. The monoisotopic (exact) mass is 202 g/mol. The second-order valence-corrected chi connectivity index (χ2v) is 4.44. The smallest absolute Gasteiger partial charge is 0.237 e. The van der Waals surface area contributed by atoms with Gasteiger partial charge in [-0.2, -0.15) is 0 Å². The summed E-state index contributed by atoms with van der Waals surface area (Å²) in [6.07, 6.45) is 0.872. The Kier molecular flexibility index (Phi) is 5.08. The number of hydrogen-bond acceptors (Lipinski definition) is 3. The zero-order chi connectivity index (χ0) is 11.4. The molecule has 14 heavy (non-hydrogen) atoms. The van der Waals surface area contributed by atoms with Crippen LogP contribution in [0.5, 0.6) is 0 Å². The molecule has 0 rings (SSSR count). The molecule has 2 atom stereocenters. The molecule has 0 spiro atoms. The van der Waals surface area contributed by atoms with Crippen molar-refractivity contribution in [1.29, 1.82) is 0 Å². The van der Waals surface area contributed by atoms with Gasteiger partial charge in [0.1, 0.15) is 0 Å². The molecule has 0 aromatic rings. The van der Waals surface area contributed by atoms with Crippen molar-refractivity contribution < 1.29 is 9.90 Å². The number of aliphatic hydroxyl groups is 1. The van der Waals surface area contributed by atoms with E-state index >= 15 is 0 Å². The van der Waals surface area contributed by atoms with Crippen LogP contribution in [-0.2, 0) is 4.79 Å². The second-order valence-electron chi connectivity index (χ2n) is 4.44. The molecule has 84 valence electrons. The second kappa shape index (κ2) is 5.32. The standard InChI is InChI=1S/C10H22N2O2/c1-5-7(2)8(11)9(13)12-6-10(3,4)14/h7-8,14H,5-6,11H2,1-4H3,(H,12,13)/t7-,8-/m0/s1. The lowest BCUT2D eigenvalue weighted by Gasteiger charge is -2.22. The first kappa shape index (κ1) is 13.4. The van der Waals surface area contributed by atoms with Crippen molar-refractivity contribution in [3.63, 3.8) is 0 Å². The molecule has 4 nitrogen and oxygen atoms in total. The maximum Gasteiger partial charge on any atom is 0.237 e. The Morgan fingerprint density at radius 2 is 2.07 bits per heavy atom. The Labute approximate surface area is 85.9 Å². The summed E-state index contributed by atoms with van der Waals surface area (Å²) in [4.78, 5) is 11.4. The van der Waals surface area contributed by atoms with Crippen LogP contribution in [0.1, 0.15) is 34.1 Å². The summed E-state index contributed by atoms with van der Waals surface area (Å²) >= 11 is 0. The molecule has 0 unspecified atom stereocenters. The first-order chi connectivity index (χ1) is 6.28. The van der Waals surface area contributed by atoms with Gasteiger partial charge in [-0.15, -0.1) is 0 Å². The highest BCUT2D eigenvalue weighted by Gasteiger charge is 2.21. The largest absolute Gasteiger partial charge is 0.389 e. The van der Waals surface area contributed by atoms with E-state index in [4.69, 9.17) is 5.73 Å². The topological polar surface area (TPSA) is 75.4 Å². The Bertz CT molecular complexity index is 187. The molecule has 0 saturated carbocycles. The Hall–Kier alpha value is -0.610. The molecule has 0 saturated heterocycles. The van der Waals surface area contributed by atoms with Gasteiger partial charge in [0, 0.05) is 6.54 Å². The van der Waals surface area contributed by atoms with E-state index in [1.807, 2.05) is 13.8 Å². The van der Waals surface area contributed by atoms with E-state index in [9.17, 15) is 9.90 Å². The molecule has 4 N–H and O–H groups in total. The molecular weight excluding hydrogens is 180 g/mol. The molecule has 0 aromatic heterocycles. The summed E-state index contributed by atoms with van der Waals surface area (Å²) in [5.74, 6) is -0.0294. The summed E-state index contributed by atoms with van der Waals surface area (Å²) in [5.41, 5.74) is 4.82. The molecule has 0 bridgehead atoms. The summed E-state index contributed by atoms with van der Waals surface area (Å²) in [6.45, 7) is 7.45. The fourth-order valence-corrected chi connectivity index (χ4v) is 0.934. The summed E-state index contributed by atoms with van der Waals surface area (Å²) < 4.78 is 0. The Balaban J connectivity index is 3.97. The molecule has 1 amide bonds. The zero-order valence-corrected chi connectivity index (χ0v) is 9.50. The fourth-order valence-electron chi connectivity index (χ4n) is 0.934. The van der Waals surface area contributed by atoms with Crippen molar-refractivity contribution in [2.24, 2.45) is 11.7 Å². The van der Waals surface area contributed by atoms with Crippen LogP contribution in [0.2, 0.25) is 0 Å². The summed E-state index contributed by atoms with van der Waals surface area (Å²) in [7, 11) is 0. The van der Waals surface area contributed by atoms with Crippen molar-refractivity contribution in [2.75, 3.05) is 6.54 Å². The molecule has 0 fully saturated rings. The Morgan fingerprint density at radius 1 is 1.57 bits per heavy atom. The molecule has 4 heteroatoms. The zero-order valence-electron chi connectivity index (χ0n) is 9.50. The molecule has 0 heterocycles. The number of nitrogens with two attached hydrogens (primary N) is 1. The fraction of sp³-hybridized carbons (Fsp3) is 0.900. The molecule has 0 radical (unpaired) electrons. The van der Waals surface area contributed by atoms with Gasteiger partial charge in [-0.3, -0.25) is 4.79 Å². The van der Waals surface area contributed by atoms with Crippen LogP contribution in [0.4, 0.5) is 0 Å². The first-order valence-electron chi connectivity index (χ1n) is 5.03. The van der Waals surface area contributed by atoms with Crippen LogP contribution in [0.25, 0.3) is 0 Å². The van der Waals surface area contributed by atoms with Gasteiger partial charge in [-0.25, -0.2) is 0 Å². The van der Waals surface area contributed by atoms with Gasteiger partial charge in [0.05, 0.1) is 11.6 Å². The Morgan fingerprint density at radius 3 is 2.43 bits per heavy atom.